The number of esters is 1. The number of morpholine rings is 1. The molecule has 0 radical (unpaired) electrons. The van der Waals surface area contributed by atoms with E-state index in [9.17, 15) is 14.7 Å². The van der Waals surface area contributed by atoms with Crippen molar-refractivity contribution in [2.24, 2.45) is 62.1 Å². The molecule has 5 aliphatic carbocycles. The Bertz CT molecular complexity index is 1250. The van der Waals surface area contributed by atoms with Crippen molar-refractivity contribution in [2.75, 3.05) is 32.8 Å². The molecule has 0 aromatic carbocycles. The van der Waals surface area contributed by atoms with Crippen LogP contribution in [0.4, 0.5) is 0 Å². The summed E-state index contributed by atoms with van der Waals surface area (Å²) >= 11 is 0. The van der Waals surface area contributed by atoms with E-state index in [4.69, 9.17) is 9.47 Å². The molecule has 1 N–H and O–H groups in total. The zero-order valence-corrected chi connectivity index (χ0v) is 31.9. The fraction of sp³-hybridized carbons (Fsp3) is 0.905. The van der Waals surface area contributed by atoms with Crippen LogP contribution >= 0.6 is 0 Å². The molecule has 6 heteroatoms. The van der Waals surface area contributed by atoms with E-state index in [1.165, 1.54) is 69.9 Å². The number of carboxylic acid groups (broad SMARTS) is 1. The topological polar surface area (TPSA) is 76.1 Å². The summed E-state index contributed by atoms with van der Waals surface area (Å²) in [6.07, 6.45) is 14.0. The van der Waals surface area contributed by atoms with Gasteiger partial charge < -0.3 is 14.6 Å². The van der Waals surface area contributed by atoms with Gasteiger partial charge in [0, 0.05) is 18.5 Å². The highest BCUT2D eigenvalue weighted by Gasteiger charge is 2.71. The maximum atomic E-state index is 13.2. The molecule has 272 valence electrons. The summed E-state index contributed by atoms with van der Waals surface area (Å²) in [7, 11) is 0. The fourth-order valence-corrected chi connectivity index (χ4v) is 14.2. The van der Waals surface area contributed by atoms with Gasteiger partial charge in [0.2, 0.25) is 0 Å². The van der Waals surface area contributed by atoms with Crippen molar-refractivity contribution in [1.29, 1.82) is 0 Å². The molecular weight excluding hydrogens is 598 g/mol. The molecule has 4 unspecified atom stereocenters. The highest BCUT2D eigenvalue weighted by atomic mass is 16.5. The molecule has 1 saturated heterocycles. The van der Waals surface area contributed by atoms with Crippen LogP contribution in [-0.4, -0.2) is 60.9 Å². The highest BCUT2D eigenvalue weighted by molar-refractivity contribution is 5.73. The van der Waals surface area contributed by atoms with Crippen LogP contribution in [0.1, 0.15) is 139 Å². The molecular formula is C42H69NO5. The van der Waals surface area contributed by atoms with Crippen LogP contribution < -0.4 is 0 Å². The number of allylic oxidation sites excluding steroid dienone is 1. The lowest BCUT2D eigenvalue weighted by atomic mass is 9.32. The third-order valence-electron chi connectivity index (χ3n) is 16.7. The first-order chi connectivity index (χ1) is 22.4. The van der Waals surface area contributed by atoms with E-state index in [1.807, 2.05) is 13.8 Å². The number of carboxylic acids is 1. The summed E-state index contributed by atoms with van der Waals surface area (Å²) < 4.78 is 12.0. The summed E-state index contributed by atoms with van der Waals surface area (Å²) in [6, 6.07) is 0. The van der Waals surface area contributed by atoms with Crippen LogP contribution in [0, 0.1) is 62.1 Å². The van der Waals surface area contributed by atoms with E-state index in [0.717, 1.165) is 51.0 Å². The third kappa shape index (κ3) is 5.93. The van der Waals surface area contributed by atoms with Gasteiger partial charge in [-0.2, -0.15) is 0 Å². The van der Waals surface area contributed by atoms with Gasteiger partial charge in [-0.3, -0.25) is 14.5 Å². The Morgan fingerprint density at radius 1 is 0.875 bits per heavy atom. The van der Waals surface area contributed by atoms with Crippen molar-refractivity contribution in [3.05, 3.63) is 12.2 Å². The predicted octanol–water partition coefficient (Wildman–Crippen LogP) is 9.17. The smallest absolute Gasteiger partial charge is 0.306 e. The molecule has 6 nitrogen and oxygen atoms in total. The van der Waals surface area contributed by atoms with E-state index in [2.05, 4.69) is 53.0 Å². The maximum Gasteiger partial charge on any atom is 0.306 e. The number of carbonyl (C=O) groups is 2. The van der Waals surface area contributed by atoms with Gasteiger partial charge in [-0.15, -0.1) is 0 Å². The number of carbonyl (C=O) groups excluding carboxylic acids is 1. The van der Waals surface area contributed by atoms with Gasteiger partial charge in [0.25, 0.3) is 0 Å². The second-order valence-electron chi connectivity index (χ2n) is 20.0. The first-order valence-corrected chi connectivity index (χ1v) is 19.8. The lowest BCUT2D eigenvalue weighted by molar-refractivity contribution is -0.250. The van der Waals surface area contributed by atoms with Gasteiger partial charge in [-0.05, 0) is 141 Å². The molecule has 1 aliphatic heterocycles. The first kappa shape index (κ1) is 36.4. The molecule has 0 aromatic rings. The van der Waals surface area contributed by atoms with Crippen LogP contribution in [0.2, 0.25) is 0 Å². The van der Waals surface area contributed by atoms with Crippen LogP contribution in [0.5, 0.6) is 0 Å². The van der Waals surface area contributed by atoms with Gasteiger partial charge in [0.15, 0.2) is 0 Å². The third-order valence-corrected chi connectivity index (χ3v) is 16.7. The quantitative estimate of drug-likeness (QED) is 0.195. The SMILES string of the molecule is C=C(C)[C@@H]1CC[C@]2(CCN3CCOCC3)CC[C@]3(C)[C@H](CCC4[C@@]5(C)CCC(OC(=O)CC(C)(C)CC(=O)O)C(C)(C)C5CC[C@]43C)C12. The van der Waals surface area contributed by atoms with E-state index in [0.29, 0.717) is 34.0 Å². The summed E-state index contributed by atoms with van der Waals surface area (Å²) in [5.74, 6) is 2.27. The monoisotopic (exact) mass is 668 g/mol. The van der Waals surface area contributed by atoms with Crippen molar-refractivity contribution in [3.63, 3.8) is 0 Å². The Hall–Kier alpha value is -1.40. The molecule has 0 bridgehead atoms. The predicted molar refractivity (Wildman–Crippen MR) is 191 cm³/mol. The zero-order chi connectivity index (χ0) is 34.9. The number of rotatable bonds is 9. The number of hydrogen-bond acceptors (Lipinski definition) is 5. The molecule has 1 heterocycles. The van der Waals surface area contributed by atoms with Gasteiger partial charge in [0.05, 0.1) is 26.1 Å². The number of fused-ring (bicyclic) bond motifs is 7. The normalized spacial score (nSPS) is 44.1. The summed E-state index contributed by atoms with van der Waals surface area (Å²) in [4.78, 5) is 27.3. The average molecular weight is 668 g/mol. The molecule has 6 aliphatic rings. The second-order valence-corrected chi connectivity index (χ2v) is 20.0. The number of nitrogens with zero attached hydrogens (tertiary/aromatic N) is 1. The van der Waals surface area contributed by atoms with E-state index in [-0.39, 0.29) is 35.7 Å². The average Bonchev–Trinajstić information content (AvgIpc) is 3.38. The van der Waals surface area contributed by atoms with Gasteiger partial charge in [-0.25, -0.2) is 0 Å². The van der Waals surface area contributed by atoms with Crippen molar-refractivity contribution < 1.29 is 24.2 Å². The zero-order valence-electron chi connectivity index (χ0n) is 31.9. The van der Waals surface area contributed by atoms with Gasteiger partial charge >= 0.3 is 11.9 Å². The van der Waals surface area contributed by atoms with E-state index >= 15 is 0 Å². The second kappa shape index (κ2) is 12.7. The Labute approximate surface area is 292 Å². The van der Waals surface area contributed by atoms with Crippen molar-refractivity contribution in [3.8, 4) is 0 Å². The minimum Gasteiger partial charge on any atom is -0.481 e. The first-order valence-electron chi connectivity index (χ1n) is 19.8. The molecule has 10 atom stereocenters. The van der Waals surface area contributed by atoms with Crippen LogP contribution in [0.3, 0.4) is 0 Å². The van der Waals surface area contributed by atoms with Crippen molar-refractivity contribution in [1.82, 2.24) is 4.90 Å². The van der Waals surface area contributed by atoms with Crippen molar-refractivity contribution in [2.45, 2.75) is 145 Å². The highest BCUT2D eigenvalue weighted by Crippen LogP contribution is 2.78. The summed E-state index contributed by atoms with van der Waals surface area (Å²) in [5.41, 5.74) is 2.03. The van der Waals surface area contributed by atoms with Gasteiger partial charge in [0.1, 0.15) is 6.10 Å². The summed E-state index contributed by atoms with van der Waals surface area (Å²) in [5, 5.41) is 9.34. The Morgan fingerprint density at radius 2 is 1.58 bits per heavy atom. The van der Waals surface area contributed by atoms with Crippen LogP contribution in [0.25, 0.3) is 0 Å². The standard InChI is InChI=1S/C42H69NO5/c1-28(2)29-12-17-42(20-21-43-22-24-47-25-23-43)19-18-40(8)30(36(29)42)10-11-32-39(7)15-14-33(38(5,6)31(39)13-16-41(32,40)9)48-35(46)27-37(3,4)26-34(44)45/h29-33,36H,1,10-27H2,2-9H3,(H,44,45)/t29-,30+,31?,32?,33?,36?,39-,40+,41+,42+/m0/s1. The van der Waals surface area contributed by atoms with Crippen LogP contribution in [0.15, 0.2) is 12.2 Å². The summed E-state index contributed by atoms with van der Waals surface area (Å²) in [6.45, 7) is 28.7. The Morgan fingerprint density at radius 3 is 2.25 bits per heavy atom. The maximum absolute atomic E-state index is 13.2. The molecule has 6 fully saturated rings. The van der Waals surface area contributed by atoms with Gasteiger partial charge in [-0.1, -0.05) is 60.6 Å². The van der Waals surface area contributed by atoms with Crippen LogP contribution in [-0.2, 0) is 19.1 Å². The lowest BCUT2D eigenvalue weighted by Crippen LogP contribution is -2.66. The number of hydrogen-bond donors (Lipinski definition) is 1. The minimum atomic E-state index is -0.866. The fourth-order valence-electron chi connectivity index (χ4n) is 14.2. The Kier molecular flexibility index (Phi) is 9.61. The number of aliphatic carboxylic acids is 1. The molecule has 6 rings (SSSR count). The lowest BCUT2D eigenvalue weighted by Gasteiger charge is -2.73. The molecule has 0 spiro atoms. The molecule has 0 aromatic heterocycles. The number of ether oxygens (including phenoxy) is 2. The van der Waals surface area contributed by atoms with E-state index in [1.54, 1.807) is 0 Å². The van der Waals surface area contributed by atoms with E-state index < -0.39 is 11.4 Å². The molecule has 5 saturated carbocycles. The van der Waals surface area contributed by atoms with Crippen molar-refractivity contribution >= 4 is 11.9 Å². The molecule has 48 heavy (non-hydrogen) atoms. The Balaban J connectivity index is 1.22. The molecule has 0 amide bonds. The minimum absolute atomic E-state index is 0.0279. The largest absolute Gasteiger partial charge is 0.481 e.